The molecule has 0 fully saturated rings. The first-order valence-corrected chi connectivity index (χ1v) is 2.94. The smallest absolute Gasteiger partial charge is 0.402 e. The lowest BCUT2D eigenvalue weighted by Crippen LogP contribution is -2.03. The second kappa shape index (κ2) is 9.67. The molecule has 1 amide bonds. The second-order valence-corrected chi connectivity index (χ2v) is 1.49. The van der Waals surface area contributed by atoms with Crippen molar-refractivity contribution in [1.82, 2.24) is 0 Å². The van der Waals surface area contributed by atoms with Crippen molar-refractivity contribution < 1.29 is 14.3 Å². The van der Waals surface area contributed by atoms with Crippen LogP contribution in [0.1, 0.15) is 6.92 Å². The second-order valence-electron chi connectivity index (χ2n) is 0.916. The van der Waals surface area contributed by atoms with E-state index in [4.69, 9.17) is 9.90 Å². The van der Waals surface area contributed by atoms with Crippen molar-refractivity contribution in [3.8, 4) is 0 Å². The van der Waals surface area contributed by atoms with E-state index in [9.17, 15) is 0 Å². The lowest BCUT2D eigenvalue weighted by atomic mass is 10.9. The normalized spacial score (nSPS) is 7.12. The Hall–Kier alpha value is -0.553. The van der Waals surface area contributed by atoms with E-state index in [1.165, 1.54) is 0 Å². The molecule has 0 aromatic rings. The van der Waals surface area contributed by atoms with Gasteiger partial charge in [0.1, 0.15) is 10.5 Å². The molecule has 0 unspecified atom stereocenters. The summed E-state index contributed by atoms with van der Waals surface area (Å²) in [6.45, 7) is 2.87. The maximum Gasteiger partial charge on any atom is 0.402 e. The summed E-state index contributed by atoms with van der Waals surface area (Å²) in [4.78, 5) is 8.78. The standard InChI is InChI=1S/C2H8OSi.CH3NO2/c1-2-3-4;2-1(3)4/h2H2,1,4H3;2H2,(H,3,4). The maximum atomic E-state index is 8.78. The van der Waals surface area contributed by atoms with Crippen LogP contribution in [0.3, 0.4) is 0 Å². The molecule has 5 heteroatoms. The Kier molecular flexibility index (Phi) is 12.6. The van der Waals surface area contributed by atoms with Crippen LogP contribution in [0.15, 0.2) is 0 Å². The van der Waals surface area contributed by atoms with Gasteiger partial charge in [-0.1, -0.05) is 0 Å². The van der Waals surface area contributed by atoms with Gasteiger partial charge in [-0.05, 0) is 6.92 Å². The minimum Gasteiger partial charge on any atom is -0.465 e. The highest BCUT2D eigenvalue weighted by Crippen LogP contribution is 1.50. The minimum absolute atomic E-state index is 0.881. The number of rotatable bonds is 1. The molecule has 0 saturated carbocycles. The summed E-state index contributed by atoms with van der Waals surface area (Å²) in [5, 5.41) is 7.19. The fourth-order valence-corrected chi connectivity index (χ4v) is 0. The van der Waals surface area contributed by atoms with Crippen LogP contribution in [0.5, 0.6) is 0 Å². The molecule has 0 aliphatic carbocycles. The van der Waals surface area contributed by atoms with Gasteiger partial charge in [0.25, 0.3) is 0 Å². The van der Waals surface area contributed by atoms with E-state index in [0.29, 0.717) is 0 Å². The van der Waals surface area contributed by atoms with Gasteiger partial charge in [-0.2, -0.15) is 0 Å². The summed E-state index contributed by atoms with van der Waals surface area (Å²) in [5.74, 6) is 0. The van der Waals surface area contributed by atoms with Crippen molar-refractivity contribution in [2.24, 2.45) is 5.73 Å². The van der Waals surface area contributed by atoms with Gasteiger partial charge in [0.15, 0.2) is 0 Å². The highest BCUT2D eigenvalue weighted by atomic mass is 28.2. The number of hydrogen-bond donors (Lipinski definition) is 2. The Labute approximate surface area is 51.2 Å². The molecule has 0 spiro atoms. The molecular formula is C3H11NO3Si. The van der Waals surface area contributed by atoms with Gasteiger partial charge in [0.05, 0.1) is 0 Å². The first-order chi connectivity index (χ1) is 3.65. The quantitative estimate of drug-likeness (QED) is 0.452. The van der Waals surface area contributed by atoms with Crippen LogP contribution < -0.4 is 5.73 Å². The zero-order chi connectivity index (χ0) is 6.99. The monoisotopic (exact) mass is 137 g/mol. The van der Waals surface area contributed by atoms with Crippen LogP contribution in [-0.2, 0) is 4.43 Å². The van der Waals surface area contributed by atoms with Crippen LogP contribution >= 0.6 is 0 Å². The molecule has 0 aromatic heterocycles. The number of hydrogen-bond acceptors (Lipinski definition) is 2. The van der Waals surface area contributed by atoms with E-state index < -0.39 is 6.09 Å². The Bertz CT molecular complexity index is 52.5. The number of amides is 1. The van der Waals surface area contributed by atoms with Crippen LogP contribution in [-0.4, -0.2) is 28.3 Å². The maximum absolute atomic E-state index is 8.78. The van der Waals surface area contributed by atoms with Crippen LogP contribution in [0, 0.1) is 0 Å². The van der Waals surface area contributed by atoms with Crippen molar-refractivity contribution in [2.75, 3.05) is 6.61 Å². The molecule has 8 heavy (non-hydrogen) atoms. The van der Waals surface area contributed by atoms with Gasteiger partial charge in [0.2, 0.25) is 0 Å². The fraction of sp³-hybridized carbons (Fsp3) is 0.667. The predicted octanol–water partition coefficient (Wildman–Crippen LogP) is -1.07. The molecule has 0 radical (unpaired) electrons. The largest absolute Gasteiger partial charge is 0.465 e. The molecule has 0 bridgehead atoms. The van der Waals surface area contributed by atoms with Crippen LogP contribution in [0.25, 0.3) is 0 Å². The van der Waals surface area contributed by atoms with Crippen molar-refractivity contribution in [2.45, 2.75) is 6.92 Å². The summed E-state index contributed by atoms with van der Waals surface area (Å²) < 4.78 is 4.68. The van der Waals surface area contributed by atoms with Gasteiger partial charge in [-0.15, -0.1) is 0 Å². The van der Waals surface area contributed by atoms with E-state index in [1.54, 1.807) is 0 Å². The third kappa shape index (κ3) is 539. The zero-order valence-corrected chi connectivity index (χ0v) is 7.05. The van der Waals surface area contributed by atoms with E-state index in [-0.39, 0.29) is 0 Å². The average molecular weight is 137 g/mol. The predicted molar refractivity (Wildman–Crippen MR) is 33.8 cm³/mol. The number of nitrogens with two attached hydrogens (primary N) is 1. The fourth-order valence-electron chi connectivity index (χ4n) is 0. The SMILES string of the molecule is CCO[SiH3].NC(=O)O. The summed E-state index contributed by atoms with van der Waals surface area (Å²) in [6, 6.07) is 0. The molecule has 4 nitrogen and oxygen atoms in total. The Morgan fingerprint density at radius 3 is 2.12 bits per heavy atom. The van der Waals surface area contributed by atoms with Crippen molar-refractivity contribution in [3.63, 3.8) is 0 Å². The Morgan fingerprint density at radius 2 is 2.12 bits per heavy atom. The highest BCUT2D eigenvalue weighted by Gasteiger charge is 1.65. The summed E-state index contributed by atoms with van der Waals surface area (Å²) in [6.07, 6.45) is -1.33. The molecule has 0 heterocycles. The number of primary amides is 1. The molecule has 50 valence electrons. The lowest BCUT2D eigenvalue weighted by molar-refractivity contribution is 0.205. The van der Waals surface area contributed by atoms with E-state index in [0.717, 1.165) is 17.1 Å². The number of carbonyl (C=O) groups is 1. The van der Waals surface area contributed by atoms with Gasteiger partial charge in [-0.25, -0.2) is 4.79 Å². The highest BCUT2D eigenvalue weighted by molar-refractivity contribution is 5.97. The third-order valence-electron chi connectivity index (χ3n) is 0.289. The van der Waals surface area contributed by atoms with Gasteiger partial charge in [0, 0.05) is 6.61 Å². The third-order valence-corrected chi connectivity index (χ3v) is 0.866. The molecule has 0 aliphatic heterocycles. The van der Waals surface area contributed by atoms with E-state index in [1.807, 2.05) is 6.92 Å². The summed E-state index contributed by atoms with van der Waals surface area (Å²) >= 11 is 0. The summed E-state index contributed by atoms with van der Waals surface area (Å²) in [5.41, 5.74) is 4.03. The Balaban J connectivity index is 0. The van der Waals surface area contributed by atoms with Gasteiger partial charge < -0.3 is 15.3 Å². The van der Waals surface area contributed by atoms with E-state index >= 15 is 0 Å². The first-order valence-electron chi connectivity index (χ1n) is 2.12. The minimum atomic E-state index is -1.33. The van der Waals surface area contributed by atoms with E-state index in [2.05, 4.69) is 10.2 Å². The molecule has 0 aromatic carbocycles. The zero-order valence-electron chi connectivity index (χ0n) is 5.05. The van der Waals surface area contributed by atoms with Crippen molar-refractivity contribution in [3.05, 3.63) is 0 Å². The van der Waals surface area contributed by atoms with Crippen molar-refractivity contribution in [1.29, 1.82) is 0 Å². The van der Waals surface area contributed by atoms with Gasteiger partial charge in [-0.3, -0.25) is 0 Å². The number of carboxylic acid groups (broad SMARTS) is 1. The summed E-state index contributed by atoms with van der Waals surface area (Å²) in [7, 11) is 0.890. The van der Waals surface area contributed by atoms with Crippen LogP contribution in [0.2, 0.25) is 0 Å². The molecule has 0 aliphatic rings. The van der Waals surface area contributed by atoms with Crippen LogP contribution in [0.4, 0.5) is 4.79 Å². The molecular weight excluding hydrogens is 126 g/mol. The topological polar surface area (TPSA) is 72.5 Å². The lowest BCUT2D eigenvalue weighted by Gasteiger charge is -1.77. The molecule has 0 rings (SSSR count). The Morgan fingerprint density at radius 1 is 2.00 bits per heavy atom. The molecule has 3 N–H and O–H groups in total. The molecule has 0 atom stereocenters. The van der Waals surface area contributed by atoms with Crippen molar-refractivity contribution >= 4 is 16.6 Å². The first kappa shape index (κ1) is 10.4. The molecule has 0 saturated heterocycles. The average Bonchev–Trinajstić information content (AvgIpc) is 1.65. The van der Waals surface area contributed by atoms with Gasteiger partial charge >= 0.3 is 6.09 Å².